The number of unbranched alkanes of at least 4 members (excludes halogenated alkanes) is 28. The lowest BCUT2D eigenvalue weighted by Gasteiger charge is -2.56. The predicted octanol–water partition coefficient (Wildman–Crippen LogP) is 6.74. The molecule has 362 valence electrons. The number of hydrogen-bond acceptors (Lipinski definition) is 14. The van der Waals surface area contributed by atoms with Gasteiger partial charge in [-0.05, 0) is 12.8 Å². The molecule has 7 N–H and O–H groups in total. The molecule has 2 heterocycles. The van der Waals surface area contributed by atoms with Gasteiger partial charge in [0.05, 0.1) is 13.2 Å². The Kier molecular flexibility index (Phi) is 28.0. The van der Waals surface area contributed by atoms with Crippen LogP contribution in [-0.4, -0.2) is 120 Å². The van der Waals surface area contributed by atoms with E-state index < -0.39 is 97.1 Å². The molecule has 0 aliphatic carbocycles. The van der Waals surface area contributed by atoms with Crippen molar-refractivity contribution in [3.05, 3.63) is 0 Å². The van der Waals surface area contributed by atoms with E-state index in [1.54, 1.807) is 0 Å². The second kappa shape index (κ2) is 31.0. The molecule has 0 aromatic rings. The van der Waals surface area contributed by atoms with Crippen LogP contribution in [0.3, 0.4) is 0 Å². The van der Waals surface area contributed by atoms with Crippen LogP contribution in [-0.2, 0) is 33.4 Å². The van der Waals surface area contributed by atoms with Gasteiger partial charge in [-0.2, -0.15) is 0 Å². The lowest BCUT2D eigenvalue weighted by Crippen LogP contribution is -2.86. The maximum absolute atomic E-state index is 14.4. The van der Waals surface area contributed by atoms with Crippen LogP contribution in [0.25, 0.3) is 0 Å². The molecule has 2 saturated heterocycles. The molecule has 0 spiro atoms. The first kappa shape index (κ1) is 56.1. The Hall–Kier alpha value is -2.04. The Morgan fingerprint density at radius 3 is 1.21 bits per heavy atom. The summed E-state index contributed by atoms with van der Waals surface area (Å²) < 4.78 is 15.9. The number of aliphatic hydroxyl groups is 7. The van der Waals surface area contributed by atoms with Gasteiger partial charge in [-0.1, -0.05) is 194 Å². The van der Waals surface area contributed by atoms with Crippen LogP contribution in [0.5, 0.6) is 0 Å². The van der Waals surface area contributed by atoms with Crippen molar-refractivity contribution in [2.75, 3.05) is 13.2 Å². The van der Waals surface area contributed by atoms with Gasteiger partial charge in [0.25, 0.3) is 5.79 Å². The van der Waals surface area contributed by atoms with Gasteiger partial charge in [-0.25, -0.2) is 9.59 Å². The van der Waals surface area contributed by atoms with E-state index in [0.29, 0.717) is 12.8 Å². The van der Waals surface area contributed by atoms with Gasteiger partial charge in [0.2, 0.25) is 11.7 Å². The maximum atomic E-state index is 14.4. The monoisotopic (exact) mass is 887 g/mol. The van der Waals surface area contributed by atoms with Crippen LogP contribution in [0, 0.1) is 0 Å². The molecule has 2 unspecified atom stereocenters. The van der Waals surface area contributed by atoms with Crippen LogP contribution >= 0.6 is 0 Å². The molecule has 7 atom stereocenters. The van der Waals surface area contributed by atoms with Crippen molar-refractivity contribution in [3.8, 4) is 0 Å². The Morgan fingerprint density at radius 2 is 0.887 bits per heavy atom. The van der Waals surface area contributed by atoms with E-state index in [0.717, 1.165) is 64.2 Å². The SMILES string of the molecule is CCCCCCCCCCCCCCCCCC(=O)C(O)(C(=O)CCCCCCCCCCCCCCCCC)C1([C@@]2(O)O[C@H](CO)[C@H](O)[C@H](O)[C@H]2O)OC(=O)C(CO)OC1=O. The first-order chi connectivity index (χ1) is 29.8. The second-order valence-corrected chi connectivity index (χ2v) is 18.1. The average Bonchev–Trinajstić information content (AvgIpc) is 3.26. The standard InChI is InChI=1S/C48H86O14/c1-3-5-7-9-11-13-15-17-19-21-23-25-27-29-31-33-39(51)46(58,40(52)34-32-30-28-26-24-22-20-18-16-14-12-10-8-6-4-2)47(45(57)60-38(36-50)44(56)62-47)48(59)43(55)42(54)41(53)37(35-49)61-48/h37-38,41-43,49-50,53-55,58-59H,3-36H2,1-2H3/t37-,38?,41+,42+,43-,47?,48+/m1/s1. The Labute approximate surface area is 371 Å². The lowest BCUT2D eigenvalue weighted by atomic mass is 9.65. The fourth-order valence-corrected chi connectivity index (χ4v) is 9.00. The molecule has 0 radical (unpaired) electrons. The zero-order valence-electron chi connectivity index (χ0n) is 38.4. The van der Waals surface area contributed by atoms with Gasteiger partial charge in [-0.15, -0.1) is 0 Å². The van der Waals surface area contributed by atoms with Crippen LogP contribution in [0.1, 0.15) is 219 Å². The van der Waals surface area contributed by atoms with Crippen LogP contribution < -0.4 is 0 Å². The Morgan fingerprint density at radius 1 is 0.548 bits per heavy atom. The van der Waals surface area contributed by atoms with E-state index in [1.165, 1.54) is 103 Å². The van der Waals surface area contributed by atoms with Crippen molar-refractivity contribution in [2.45, 2.75) is 267 Å². The Balaban J connectivity index is 2.14. The molecule has 0 saturated carbocycles. The smallest absolute Gasteiger partial charge is 0.361 e. The number of hydrogen-bond donors (Lipinski definition) is 7. The van der Waals surface area contributed by atoms with E-state index in [4.69, 9.17) is 14.2 Å². The number of carbonyl (C=O) groups is 4. The molecule has 2 rings (SSSR count). The zero-order chi connectivity index (χ0) is 45.9. The minimum absolute atomic E-state index is 0.145. The number of carbonyl (C=O) groups excluding carboxylic acids is 4. The van der Waals surface area contributed by atoms with Crippen molar-refractivity contribution < 1.29 is 69.1 Å². The number of aliphatic hydroxyl groups excluding tert-OH is 5. The molecule has 0 aromatic heterocycles. The molecule has 62 heavy (non-hydrogen) atoms. The summed E-state index contributed by atoms with van der Waals surface area (Å²) in [6.07, 6.45) is 19.1. The van der Waals surface area contributed by atoms with Gasteiger partial charge in [0.1, 0.15) is 24.4 Å². The van der Waals surface area contributed by atoms with Gasteiger partial charge < -0.3 is 50.0 Å². The van der Waals surface area contributed by atoms with Crippen LogP contribution in [0.15, 0.2) is 0 Å². The summed E-state index contributed by atoms with van der Waals surface area (Å²) in [6.45, 7) is 2.20. The van der Waals surface area contributed by atoms with Crippen molar-refractivity contribution in [2.24, 2.45) is 0 Å². The molecule has 0 aromatic carbocycles. The fraction of sp³-hybridized carbons (Fsp3) is 0.917. The first-order valence-corrected chi connectivity index (χ1v) is 24.7. The molecular weight excluding hydrogens is 801 g/mol. The highest BCUT2D eigenvalue weighted by Crippen LogP contribution is 2.49. The average molecular weight is 887 g/mol. The van der Waals surface area contributed by atoms with Gasteiger partial charge in [0.15, 0.2) is 11.6 Å². The summed E-state index contributed by atoms with van der Waals surface area (Å²) in [5.74, 6) is -9.96. The number of Topliss-reactive ketones (excluding diaryl/α,β-unsaturated/α-hetero) is 2. The molecule has 0 amide bonds. The fourth-order valence-electron chi connectivity index (χ4n) is 9.00. The number of ketones is 2. The van der Waals surface area contributed by atoms with Gasteiger partial charge >= 0.3 is 17.5 Å². The number of rotatable bonds is 38. The summed E-state index contributed by atoms with van der Waals surface area (Å²) in [4.78, 5) is 56.1. The lowest BCUT2D eigenvalue weighted by molar-refractivity contribution is -0.412. The van der Waals surface area contributed by atoms with Crippen LogP contribution in [0.4, 0.5) is 0 Å². The Bertz CT molecular complexity index is 1210. The third-order valence-electron chi connectivity index (χ3n) is 13.0. The minimum Gasteiger partial charge on any atom is -0.445 e. The summed E-state index contributed by atoms with van der Waals surface area (Å²) >= 11 is 0. The third kappa shape index (κ3) is 16.1. The highest BCUT2D eigenvalue weighted by molar-refractivity contribution is 6.17. The molecule has 0 bridgehead atoms. The third-order valence-corrected chi connectivity index (χ3v) is 13.0. The van der Waals surface area contributed by atoms with E-state index in [-0.39, 0.29) is 12.8 Å². The minimum atomic E-state index is -3.88. The van der Waals surface area contributed by atoms with E-state index in [2.05, 4.69) is 13.8 Å². The summed E-state index contributed by atoms with van der Waals surface area (Å²) in [7, 11) is 0. The molecule has 2 aliphatic heterocycles. The van der Waals surface area contributed by atoms with Crippen molar-refractivity contribution in [3.63, 3.8) is 0 Å². The zero-order valence-corrected chi connectivity index (χ0v) is 38.4. The number of ether oxygens (including phenoxy) is 3. The number of esters is 2. The maximum Gasteiger partial charge on any atom is 0.361 e. The van der Waals surface area contributed by atoms with E-state index >= 15 is 0 Å². The largest absolute Gasteiger partial charge is 0.445 e. The summed E-state index contributed by atoms with van der Waals surface area (Å²) in [5, 5.41) is 76.9. The molecule has 14 heteroatoms. The molecule has 14 nitrogen and oxygen atoms in total. The summed E-state index contributed by atoms with van der Waals surface area (Å²) in [5.41, 5.74) is -7.61. The van der Waals surface area contributed by atoms with Gasteiger partial charge in [-0.3, -0.25) is 9.59 Å². The van der Waals surface area contributed by atoms with E-state index in [1.807, 2.05) is 0 Å². The number of cyclic esters (lactones) is 2. The summed E-state index contributed by atoms with van der Waals surface area (Å²) in [6, 6.07) is 0. The van der Waals surface area contributed by atoms with Gasteiger partial charge in [0, 0.05) is 12.8 Å². The van der Waals surface area contributed by atoms with Crippen LogP contribution in [0.2, 0.25) is 0 Å². The van der Waals surface area contributed by atoms with E-state index in [9.17, 15) is 54.9 Å². The second-order valence-electron chi connectivity index (χ2n) is 18.1. The highest BCUT2D eigenvalue weighted by Gasteiger charge is 2.83. The normalized spacial score (nSPS) is 25.5. The quantitative estimate of drug-likeness (QED) is 0.0193. The topological polar surface area (TPSA) is 238 Å². The predicted molar refractivity (Wildman–Crippen MR) is 235 cm³/mol. The molecule has 2 fully saturated rings. The molecule has 2 aliphatic rings. The van der Waals surface area contributed by atoms with Crippen molar-refractivity contribution in [1.82, 2.24) is 0 Å². The first-order valence-electron chi connectivity index (χ1n) is 24.7. The highest BCUT2D eigenvalue weighted by atomic mass is 16.7. The molecular formula is C48H86O14. The van der Waals surface area contributed by atoms with Crippen molar-refractivity contribution in [1.29, 1.82) is 0 Å². The van der Waals surface area contributed by atoms with Crippen molar-refractivity contribution >= 4 is 23.5 Å².